The molecule has 0 saturated carbocycles. The van der Waals surface area contributed by atoms with Gasteiger partial charge in [-0.2, -0.15) is 0 Å². The van der Waals surface area contributed by atoms with Crippen LogP contribution in [0, 0.1) is 5.92 Å². The van der Waals surface area contributed by atoms with Crippen molar-refractivity contribution in [3.63, 3.8) is 0 Å². The van der Waals surface area contributed by atoms with Gasteiger partial charge in [-0.05, 0) is 56.2 Å². The molecule has 6 heteroatoms. The summed E-state index contributed by atoms with van der Waals surface area (Å²) in [5.41, 5.74) is 3.09. The molecule has 1 saturated heterocycles. The summed E-state index contributed by atoms with van der Waals surface area (Å²) in [4.78, 5) is 27.6. The largest absolute Gasteiger partial charge is 0.444 e. The van der Waals surface area contributed by atoms with Crippen LogP contribution in [0.15, 0.2) is 54.6 Å². The molecule has 0 spiro atoms. The summed E-state index contributed by atoms with van der Waals surface area (Å²) in [7, 11) is 0. The first-order valence-corrected chi connectivity index (χ1v) is 12.3. The van der Waals surface area contributed by atoms with Crippen molar-refractivity contribution in [1.82, 2.24) is 15.5 Å². The van der Waals surface area contributed by atoms with Crippen LogP contribution in [0.3, 0.4) is 0 Å². The van der Waals surface area contributed by atoms with Crippen molar-refractivity contribution in [2.24, 2.45) is 5.92 Å². The monoisotopic (exact) mass is 465 g/mol. The first-order chi connectivity index (χ1) is 16.1. The molecule has 2 amide bonds. The number of amides is 2. The van der Waals surface area contributed by atoms with E-state index in [0.29, 0.717) is 6.42 Å². The highest BCUT2D eigenvalue weighted by Gasteiger charge is 2.29. The Balaban J connectivity index is 1.51. The van der Waals surface area contributed by atoms with Gasteiger partial charge >= 0.3 is 6.09 Å². The summed E-state index contributed by atoms with van der Waals surface area (Å²) >= 11 is 0. The maximum atomic E-state index is 13.0. The average Bonchev–Trinajstić information content (AvgIpc) is 3.19. The normalized spacial score (nSPS) is 17.4. The van der Waals surface area contributed by atoms with E-state index in [-0.39, 0.29) is 17.9 Å². The van der Waals surface area contributed by atoms with Crippen molar-refractivity contribution in [2.75, 3.05) is 13.1 Å². The SMILES string of the molecule is CC(C)C[C@H](NC(=O)OC(C)(C)C)C(=O)N[C@H]1CCN(Cc2ccc(-c3ccccc3)cc2)C1. The molecule has 6 nitrogen and oxygen atoms in total. The number of likely N-dealkylation sites (tertiary alicyclic amines) is 1. The topological polar surface area (TPSA) is 70.7 Å². The fourth-order valence-electron chi connectivity index (χ4n) is 4.24. The molecule has 1 aliphatic heterocycles. The average molecular weight is 466 g/mol. The Morgan fingerprint density at radius 2 is 1.68 bits per heavy atom. The van der Waals surface area contributed by atoms with Gasteiger partial charge in [0.1, 0.15) is 11.6 Å². The number of rotatable bonds is 8. The van der Waals surface area contributed by atoms with Gasteiger partial charge in [0.2, 0.25) is 5.91 Å². The molecule has 1 fully saturated rings. The second-order valence-corrected chi connectivity index (χ2v) is 10.6. The molecule has 2 aromatic carbocycles. The van der Waals surface area contributed by atoms with Crippen molar-refractivity contribution in [1.29, 1.82) is 0 Å². The molecule has 0 unspecified atom stereocenters. The van der Waals surface area contributed by atoms with Crippen molar-refractivity contribution < 1.29 is 14.3 Å². The lowest BCUT2D eigenvalue weighted by atomic mass is 10.0. The van der Waals surface area contributed by atoms with Gasteiger partial charge in [0, 0.05) is 25.7 Å². The predicted octanol–water partition coefficient (Wildman–Crippen LogP) is 4.98. The maximum Gasteiger partial charge on any atom is 0.408 e. The molecule has 0 aliphatic carbocycles. The second-order valence-electron chi connectivity index (χ2n) is 10.6. The second kappa shape index (κ2) is 11.5. The van der Waals surface area contributed by atoms with Crippen molar-refractivity contribution in [2.45, 2.75) is 71.7 Å². The zero-order valence-corrected chi connectivity index (χ0v) is 21.1. The molecule has 0 radical (unpaired) electrons. The van der Waals surface area contributed by atoms with Crippen LogP contribution in [0.25, 0.3) is 11.1 Å². The van der Waals surface area contributed by atoms with Crippen LogP contribution in [0.5, 0.6) is 0 Å². The predicted molar refractivity (Wildman–Crippen MR) is 136 cm³/mol. The summed E-state index contributed by atoms with van der Waals surface area (Å²) in [6.45, 7) is 12.1. The van der Waals surface area contributed by atoms with Crippen LogP contribution in [0.2, 0.25) is 0 Å². The van der Waals surface area contributed by atoms with E-state index in [0.717, 1.165) is 26.1 Å². The number of alkyl carbamates (subject to hydrolysis) is 1. The van der Waals surface area contributed by atoms with Crippen molar-refractivity contribution >= 4 is 12.0 Å². The van der Waals surface area contributed by atoms with Crippen LogP contribution in [0.1, 0.15) is 53.0 Å². The zero-order valence-electron chi connectivity index (χ0n) is 21.1. The summed E-state index contributed by atoms with van der Waals surface area (Å²) in [6.07, 6.45) is 0.907. The van der Waals surface area contributed by atoms with Gasteiger partial charge in [0.25, 0.3) is 0 Å². The number of nitrogens with one attached hydrogen (secondary N) is 2. The Morgan fingerprint density at radius 1 is 1.03 bits per heavy atom. The fraction of sp³-hybridized carbons (Fsp3) is 0.500. The Hall–Kier alpha value is -2.86. The Bertz CT molecular complexity index is 936. The van der Waals surface area contributed by atoms with Gasteiger partial charge in [0.05, 0.1) is 0 Å². The van der Waals surface area contributed by atoms with Crippen LogP contribution in [-0.2, 0) is 16.1 Å². The molecular formula is C28H39N3O3. The van der Waals surface area contributed by atoms with Gasteiger partial charge in [-0.15, -0.1) is 0 Å². The van der Waals surface area contributed by atoms with Crippen LogP contribution in [0.4, 0.5) is 4.79 Å². The van der Waals surface area contributed by atoms with E-state index >= 15 is 0 Å². The zero-order chi connectivity index (χ0) is 24.7. The van der Waals surface area contributed by atoms with Gasteiger partial charge in [-0.1, -0.05) is 68.4 Å². The Kier molecular flexibility index (Phi) is 8.72. The number of ether oxygens (including phenoxy) is 1. The first-order valence-electron chi connectivity index (χ1n) is 12.3. The summed E-state index contributed by atoms with van der Waals surface area (Å²) < 4.78 is 5.35. The van der Waals surface area contributed by atoms with E-state index in [4.69, 9.17) is 4.74 Å². The van der Waals surface area contributed by atoms with Crippen molar-refractivity contribution in [3.05, 3.63) is 60.2 Å². The molecule has 1 heterocycles. The maximum absolute atomic E-state index is 13.0. The van der Waals surface area contributed by atoms with E-state index in [1.165, 1.54) is 16.7 Å². The van der Waals surface area contributed by atoms with E-state index in [1.807, 2.05) is 40.7 Å². The van der Waals surface area contributed by atoms with Crippen LogP contribution < -0.4 is 10.6 Å². The van der Waals surface area contributed by atoms with E-state index in [1.54, 1.807) is 0 Å². The number of benzene rings is 2. The molecule has 34 heavy (non-hydrogen) atoms. The van der Waals surface area contributed by atoms with E-state index in [2.05, 4.69) is 64.1 Å². The number of carbonyl (C=O) groups excluding carboxylic acids is 2. The highest BCUT2D eigenvalue weighted by atomic mass is 16.6. The van der Waals surface area contributed by atoms with Gasteiger partial charge in [-0.25, -0.2) is 4.79 Å². The smallest absolute Gasteiger partial charge is 0.408 e. The molecule has 3 rings (SSSR count). The minimum absolute atomic E-state index is 0.0752. The van der Waals surface area contributed by atoms with Gasteiger partial charge in [-0.3, -0.25) is 9.69 Å². The Labute approximate surface area is 204 Å². The van der Waals surface area contributed by atoms with E-state index in [9.17, 15) is 9.59 Å². The summed E-state index contributed by atoms with van der Waals surface area (Å²) in [6, 6.07) is 18.5. The molecule has 1 aliphatic rings. The minimum atomic E-state index is -0.603. The van der Waals surface area contributed by atoms with Gasteiger partial charge in [0.15, 0.2) is 0 Å². The third-order valence-electron chi connectivity index (χ3n) is 5.80. The molecule has 2 N–H and O–H groups in total. The quantitative estimate of drug-likeness (QED) is 0.577. The third-order valence-corrected chi connectivity index (χ3v) is 5.80. The first kappa shape index (κ1) is 25.8. The number of hydrogen-bond donors (Lipinski definition) is 2. The molecule has 2 aromatic rings. The third kappa shape index (κ3) is 8.17. The Morgan fingerprint density at radius 3 is 2.29 bits per heavy atom. The number of nitrogens with zero attached hydrogens (tertiary/aromatic N) is 1. The molecule has 0 aromatic heterocycles. The highest BCUT2D eigenvalue weighted by molar-refractivity contribution is 5.86. The number of carbonyl (C=O) groups is 2. The van der Waals surface area contributed by atoms with Crippen LogP contribution in [-0.4, -0.2) is 47.7 Å². The molecule has 2 atom stereocenters. The standard InChI is InChI=1S/C28H39N3O3/c1-20(2)17-25(30-27(33)34-28(3,4)5)26(32)29-24-15-16-31(19-24)18-21-11-13-23(14-12-21)22-9-7-6-8-10-22/h6-14,20,24-25H,15-19H2,1-5H3,(H,29,32)(H,30,33)/t24-,25-/m0/s1. The lowest BCUT2D eigenvalue weighted by Crippen LogP contribution is -2.51. The summed E-state index contributed by atoms with van der Waals surface area (Å²) in [5.74, 6) is 0.128. The lowest BCUT2D eigenvalue weighted by Gasteiger charge is -2.25. The number of hydrogen-bond acceptors (Lipinski definition) is 4. The highest BCUT2D eigenvalue weighted by Crippen LogP contribution is 2.21. The molecule has 0 bridgehead atoms. The van der Waals surface area contributed by atoms with E-state index < -0.39 is 17.7 Å². The van der Waals surface area contributed by atoms with Gasteiger partial charge < -0.3 is 15.4 Å². The van der Waals surface area contributed by atoms with Crippen molar-refractivity contribution in [3.8, 4) is 11.1 Å². The fourth-order valence-corrected chi connectivity index (χ4v) is 4.24. The lowest BCUT2D eigenvalue weighted by molar-refractivity contribution is -0.124. The minimum Gasteiger partial charge on any atom is -0.444 e. The summed E-state index contributed by atoms with van der Waals surface area (Å²) in [5, 5.41) is 5.91. The molecular weight excluding hydrogens is 426 g/mol. The molecule has 184 valence electrons. The van der Waals surface area contributed by atoms with Crippen LogP contribution >= 0.6 is 0 Å².